The Kier molecular flexibility index (Phi) is 5.75. The van der Waals surface area contributed by atoms with Gasteiger partial charge in [0.25, 0.3) is 5.91 Å². The van der Waals surface area contributed by atoms with Crippen molar-refractivity contribution in [3.05, 3.63) is 45.6 Å². The van der Waals surface area contributed by atoms with Gasteiger partial charge in [0, 0.05) is 28.2 Å². The van der Waals surface area contributed by atoms with Crippen molar-refractivity contribution in [1.29, 1.82) is 0 Å². The SMILES string of the molecule is Cc1cc(C(=O)CCC(=O)NNC(=O)[C@H]2COc3ccccc3O2)c(C)s1. The number of nitrogens with one attached hydrogen (secondary N) is 2. The van der Waals surface area contributed by atoms with Crippen molar-refractivity contribution in [2.45, 2.75) is 32.8 Å². The molecule has 142 valence electrons. The molecule has 1 aromatic heterocycles. The summed E-state index contributed by atoms with van der Waals surface area (Å²) in [5.41, 5.74) is 5.27. The number of para-hydroxylation sites is 2. The number of hydrogen-bond acceptors (Lipinski definition) is 6. The first-order chi connectivity index (χ1) is 12.9. The number of hydrogen-bond donors (Lipinski definition) is 2. The smallest absolute Gasteiger partial charge is 0.283 e. The lowest BCUT2D eigenvalue weighted by molar-refractivity contribution is -0.135. The van der Waals surface area contributed by atoms with Crippen LogP contribution in [0.25, 0.3) is 0 Å². The average Bonchev–Trinajstić information content (AvgIpc) is 3.01. The maximum atomic E-state index is 12.2. The molecule has 1 atom stereocenters. The number of ketones is 1. The number of ether oxygens (including phenoxy) is 2. The number of Topliss-reactive ketones (excluding diaryl/α,β-unsaturated/α-hetero) is 1. The van der Waals surface area contributed by atoms with Crippen LogP contribution in [0.1, 0.15) is 33.0 Å². The molecule has 2 aromatic rings. The molecule has 1 aromatic carbocycles. The summed E-state index contributed by atoms with van der Waals surface area (Å²) in [5, 5.41) is 0. The number of amides is 2. The largest absolute Gasteiger partial charge is 0.485 e. The summed E-state index contributed by atoms with van der Waals surface area (Å²) in [6, 6.07) is 8.87. The van der Waals surface area contributed by atoms with E-state index in [4.69, 9.17) is 9.47 Å². The standard InChI is InChI=1S/C19H20N2O5S/c1-11-9-13(12(2)27-11)14(22)7-8-18(23)20-21-19(24)17-10-25-15-5-3-4-6-16(15)26-17/h3-6,9,17H,7-8,10H2,1-2H3,(H,20,23)(H,21,24)/t17-/m1/s1. The predicted molar refractivity (Wildman–Crippen MR) is 100.0 cm³/mol. The minimum atomic E-state index is -0.863. The summed E-state index contributed by atoms with van der Waals surface area (Å²) in [6.45, 7) is 3.87. The van der Waals surface area contributed by atoms with Crippen LogP contribution >= 0.6 is 11.3 Å². The summed E-state index contributed by atoms with van der Waals surface area (Å²) in [6.07, 6.45) is -0.800. The van der Waals surface area contributed by atoms with Gasteiger partial charge in [0.1, 0.15) is 6.61 Å². The third-order valence-corrected chi connectivity index (χ3v) is 5.01. The number of aryl methyl sites for hydroxylation is 2. The van der Waals surface area contributed by atoms with E-state index in [0.29, 0.717) is 17.1 Å². The van der Waals surface area contributed by atoms with Crippen molar-refractivity contribution >= 4 is 28.9 Å². The summed E-state index contributed by atoms with van der Waals surface area (Å²) in [5.74, 6) is -0.00355. The Hall–Kier alpha value is -2.87. The van der Waals surface area contributed by atoms with Crippen LogP contribution < -0.4 is 20.3 Å². The number of fused-ring (bicyclic) bond motifs is 1. The van der Waals surface area contributed by atoms with E-state index in [0.717, 1.165) is 9.75 Å². The minimum absolute atomic E-state index is 0.0156. The van der Waals surface area contributed by atoms with Crippen molar-refractivity contribution in [3.63, 3.8) is 0 Å². The maximum absolute atomic E-state index is 12.2. The quantitative estimate of drug-likeness (QED) is 0.606. The molecule has 0 saturated heterocycles. The van der Waals surface area contributed by atoms with Crippen LogP contribution in [-0.4, -0.2) is 30.3 Å². The second kappa shape index (κ2) is 8.22. The molecule has 1 aliphatic heterocycles. The zero-order chi connectivity index (χ0) is 19.4. The van der Waals surface area contributed by atoms with Crippen LogP contribution in [0.3, 0.4) is 0 Å². The van der Waals surface area contributed by atoms with Gasteiger partial charge in [-0.1, -0.05) is 12.1 Å². The van der Waals surface area contributed by atoms with Crippen molar-refractivity contribution in [2.24, 2.45) is 0 Å². The lowest BCUT2D eigenvalue weighted by atomic mass is 10.1. The highest BCUT2D eigenvalue weighted by atomic mass is 32.1. The van der Waals surface area contributed by atoms with E-state index in [9.17, 15) is 14.4 Å². The highest BCUT2D eigenvalue weighted by molar-refractivity contribution is 7.12. The Labute approximate surface area is 160 Å². The molecular formula is C19H20N2O5S. The molecule has 0 aliphatic carbocycles. The lowest BCUT2D eigenvalue weighted by Crippen LogP contribution is -2.50. The summed E-state index contributed by atoms with van der Waals surface area (Å²) >= 11 is 1.55. The molecule has 2 heterocycles. The zero-order valence-electron chi connectivity index (χ0n) is 15.0. The van der Waals surface area contributed by atoms with Crippen LogP contribution in [0.4, 0.5) is 0 Å². The fraction of sp³-hybridized carbons (Fsp3) is 0.316. The van der Waals surface area contributed by atoms with Gasteiger partial charge < -0.3 is 9.47 Å². The summed E-state index contributed by atoms with van der Waals surface area (Å²) < 4.78 is 11.0. The van der Waals surface area contributed by atoms with Gasteiger partial charge in [0.05, 0.1) is 0 Å². The number of rotatable bonds is 5. The molecule has 1 aliphatic rings. The lowest BCUT2D eigenvalue weighted by Gasteiger charge is -2.25. The molecule has 7 nitrogen and oxygen atoms in total. The number of benzene rings is 1. The first-order valence-corrected chi connectivity index (χ1v) is 9.33. The molecule has 0 spiro atoms. The van der Waals surface area contributed by atoms with Gasteiger partial charge in [0.2, 0.25) is 12.0 Å². The highest BCUT2D eigenvalue weighted by Gasteiger charge is 2.27. The Morgan fingerprint density at radius 1 is 1.11 bits per heavy atom. The first kappa shape index (κ1) is 18.9. The molecule has 2 N–H and O–H groups in total. The van der Waals surface area contributed by atoms with Crippen molar-refractivity contribution in [3.8, 4) is 11.5 Å². The predicted octanol–water partition coefficient (Wildman–Crippen LogP) is 2.32. The number of carbonyl (C=O) groups excluding carboxylic acids is 3. The van der Waals surface area contributed by atoms with Gasteiger partial charge in [-0.3, -0.25) is 25.2 Å². The van der Waals surface area contributed by atoms with Crippen LogP contribution in [-0.2, 0) is 9.59 Å². The third-order valence-electron chi connectivity index (χ3n) is 4.05. The molecule has 0 radical (unpaired) electrons. The molecule has 0 unspecified atom stereocenters. The highest BCUT2D eigenvalue weighted by Crippen LogP contribution is 2.30. The molecule has 8 heteroatoms. The number of carbonyl (C=O) groups is 3. The van der Waals surface area contributed by atoms with Crippen LogP contribution in [0.15, 0.2) is 30.3 Å². The monoisotopic (exact) mass is 388 g/mol. The maximum Gasteiger partial charge on any atom is 0.283 e. The second-order valence-electron chi connectivity index (χ2n) is 6.15. The van der Waals surface area contributed by atoms with Gasteiger partial charge in [0.15, 0.2) is 17.3 Å². The molecule has 0 saturated carbocycles. The molecule has 3 rings (SSSR count). The van der Waals surface area contributed by atoms with E-state index in [1.54, 1.807) is 29.5 Å². The van der Waals surface area contributed by atoms with Crippen LogP contribution in [0, 0.1) is 13.8 Å². The van der Waals surface area contributed by atoms with E-state index in [1.165, 1.54) is 0 Å². The average molecular weight is 388 g/mol. The van der Waals surface area contributed by atoms with E-state index in [-0.39, 0.29) is 25.2 Å². The van der Waals surface area contributed by atoms with E-state index in [1.807, 2.05) is 26.0 Å². The van der Waals surface area contributed by atoms with E-state index < -0.39 is 17.9 Å². The Bertz CT molecular complexity index is 877. The van der Waals surface area contributed by atoms with Gasteiger partial charge >= 0.3 is 0 Å². The minimum Gasteiger partial charge on any atom is -0.485 e. The third kappa shape index (κ3) is 4.65. The van der Waals surface area contributed by atoms with Crippen LogP contribution in [0.2, 0.25) is 0 Å². The van der Waals surface area contributed by atoms with Crippen molar-refractivity contribution in [2.75, 3.05) is 6.61 Å². The molecule has 0 bridgehead atoms. The topological polar surface area (TPSA) is 93.7 Å². The first-order valence-electron chi connectivity index (χ1n) is 8.51. The van der Waals surface area contributed by atoms with Crippen molar-refractivity contribution < 1.29 is 23.9 Å². The molecule has 0 fully saturated rings. The fourth-order valence-electron chi connectivity index (χ4n) is 2.69. The second-order valence-corrected chi connectivity index (χ2v) is 7.61. The number of hydrazine groups is 1. The van der Waals surface area contributed by atoms with Gasteiger partial charge in [-0.25, -0.2) is 0 Å². The molecule has 27 heavy (non-hydrogen) atoms. The Morgan fingerprint density at radius 3 is 2.56 bits per heavy atom. The Morgan fingerprint density at radius 2 is 1.85 bits per heavy atom. The molecule has 2 amide bonds. The summed E-state index contributed by atoms with van der Waals surface area (Å²) in [4.78, 5) is 38.2. The number of thiophene rings is 1. The van der Waals surface area contributed by atoms with Crippen molar-refractivity contribution in [1.82, 2.24) is 10.9 Å². The fourth-order valence-corrected chi connectivity index (χ4v) is 3.63. The van der Waals surface area contributed by atoms with Crippen LogP contribution in [0.5, 0.6) is 11.5 Å². The normalized spacial score (nSPS) is 15.1. The zero-order valence-corrected chi connectivity index (χ0v) is 15.9. The van der Waals surface area contributed by atoms with E-state index >= 15 is 0 Å². The van der Waals surface area contributed by atoms with Gasteiger partial charge in [-0.15, -0.1) is 11.3 Å². The molecular weight excluding hydrogens is 368 g/mol. The summed E-state index contributed by atoms with van der Waals surface area (Å²) in [7, 11) is 0. The van der Waals surface area contributed by atoms with E-state index in [2.05, 4.69) is 10.9 Å². The Balaban J connectivity index is 1.43. The van der Waals surface area contributed by atoms with Gasteiger partial charge in [-0.05, 0) is 32.0 Å². The van der Waals surface area contributed by atoms with Gasteiger partial charge in [-0.2, -0.15) is 0 Å².